The molecule has 5 rings (SSSR count). The molecule has 1 aliphatic heterocycles. The highest BCUT2D eigenvalue weighted by molar-refractivity contribution is 6.36. The van der Waals surface area contributed by atoms with Crippen molar-refractivity contribution in [3.8, 4) is 0 Å². The number of aromatic nitrogens is 4. The number of anilines is 4. The Morgan fingerprint density at radius 1 is 1.21 bits per heavy atom. The number of rotatable bonds is 9. The molecule has 0 unspecified atom stereocenters. The van der Waals surface area contributed by atoms with Crippen LogP contribution >= 0.6 is 11.6 Å². The molecule has 2 aliphatic rings. The molecule has 1 amide bonds. The summed E-state index contributed by atoms with van der Waals surface area (Å²) < 4.78 is 1.56. The Morgan fingerprint density at radius 2 is 1.95 bits per heavy atom. The van der Waals surface area contributed by atoms with Gasteiger partial charge < -0.3 is 36.4 Å². The third kappa shape index (κ3) is 5.55. The zero-order valence-electron chi connectivity index (χ0n) is 21.3. The Bertz CT molecular complexity index is 1390. The van der Waals surface area contributed by atoms with E-state index < -0.39 is 5.60 Å². The predicted molar refractivity (Wildman–Crippen MR) is 148 cm³/mol. The van der Waals surface area contributed by atoms with Crippen molar-refractivity contribution in [1.29, 1.82) is 10.8 Å². The van der Waals surface area contributed by atoms with E-state index in [9.17, 15) is 9.90 Å². The first-order valence-electron chi connectivity index (χ1n) is 12.5. The molecule has 1 saturated carbocycles. The second kappa shape index (κ2) is 10.2. The van der Waals surface area contributed by atoms with E-state index in [1.165, 1.54) is 12.4 Å². The quantitative estimate of drug-likeness (QED) is 0.260. The van der Waals surface area contributed by atoms with E-state index in [4.69, 9.17) is 22.4 Å². The molecule has 12 nitrogen and oxygen atoms in total. The fraction of sp³-hybridized carbons (Fsp3) is 0.440. The monoisotopic (exact) mass is 538 g/mol. The molecule has 1 aromatic carbocycles. The van der Waals surface area contributed by atoms with E-state index >= 15 is 0 Å². The summed E-state index contributed by atoms with van der Waals surface area (Å²) in [4.78, 5) is 25.4. The smallest absolute Gasteiger partial charge is 0.247 e. The molecule has 0 spiro atoms. The minimum atomic E-state index is -1.05. The van der Waals surface area contributed by atoms with E-state index in [-0.39, 0.29) is 18.3 Å². The first kappa shape index (κ1) is 25.9. The Labute approximate surface area is 225 Å². The molecule has 5 N–H and O–H groups in total. The Kier molecular flexibility index (Phi) is 6.93. The summed E-state index contributed by atoms with van der Waals surface area (Å²) >= 11 is 6.88. The van der Waals surface area contributed by atoms with Gasteiger partial charge in [0.2, 0.25) is 11.9 Å². The van der Waals surface area contributed by atoms with Crippen LogP contribution in [0.25, 0.3) is 5.65 Å². The lowest BCUT2D eigenvalue weighted by Gasteiger charge is -2.37. The number of fused-ring (bicyclic) bond motifs is 1. The third-order valence-corrected chi connectivity index (χ3v) is 6.90. The van der Waals surface area contributed by atoms with Crippen LogP contribution in [0.5, 0.6) is 0 Å². The van der Waals surface area contributed by atoms with Gasteiger partial charge in [0.25, 0.3) is 0 Å². The molecule has 13 heteroatoms. The minimum Gasteiger partial charge on any atom is -0.390 e. The van der Waals surface area contributed by atoms with Gasteiger partial charge in [0.05, 0.1) is 34.6 Å². The van der Waals surface area contributed by atoms with Crippen molar-refractivity contribution in [2.24, 2.45) is 0 Å². The Balaban J connectivity index is 1.41. The van der Waals surface area contributed by atoms with Gasteiger partial charge >= 0.3 is 0 Å². The van der Waals surface area contributed by atoms with Crippen LogP contribution in [0.2, 0.25) is 5.02 Å². The summed E-state index contributed by atoms with van der Waals surface area (Å²) in [5, 5.41) is 37.1. The number of carbonyl (C=O) groups is 1. The summed E-state index contributed by atoms with van der Waals surface area (Å²) in [5.41, 5.74) is 1.93. The maximum absolute atomic E-state index is 12.5. The van der Waals surface area contributed by atoms with Crippen LogP contribution in [0.4, 0.5) is 23.1 Å². The lowest BCUT2D eigenvalue weighted by molar-refractivity contribution is -0.135. The van der Waals surface area contributed by atoms with Crippen LogP contribution in [0.3, 0.4) is 0 Å². The predicted octanol–water partition coefficient (Wildman–Crippen LogP) is 2.90. The third-order valence-electron chi connectivity index (χ3n) is 6.50. The highest BCUT2D eigenvalue weighted by Gasteiger charge is 2.28. The molecular formula is C25H31ClN10O2. The highest BCUT2D eigenvalue weighted by atomic mass is 35.5. The number of benzene rings is 1. The molecular weight excluding hydrogens is 508 g/mol. The van der Waals surface area contributed by atoms with Crippen LogP contribution in [-0.4, -0.2) is 85.7 Å². The van der Waals surface area contributed by atoms with Gasteiger partial charge in [-0.25, -0.2) is 9.50 Å². The van der Waals surface area contributed by atoms with Crippen molar-refractivity contribution >= 4 is 58.7 Å². The number of amides is 1. The zero-order chi connectivity index (χ0) is 27.0. The largest absolute Gasteiger partial charge is 0.390 e. The molecule has 1 saturated heterocycles. The molecule has 1 aliphatic carbocycles. The summed E-state index contributed by atoms with van der Waals surface area (Å²) in [6.45, 7) is 5.40. The van der Waals surface area contributed by atoms with Crippen molar-refractivity contribution in [2.45, 2.75) is 44.8 Å². The van der Waals surface area contributed by atoms with Crippen LogP contribution in [-0.2, 0) is 4.79 Å². The van der Waals surface area contributed by atoms with Gasteiger partial charge in [0.1, 0.15) is 5.69 Å². The number of imidazole rings is 1. The second-order valence-electron chi connectivity index (χ2n) is 10.3. The number of aliphatic hydroxyl groups is 1. The van der Waals surface area contributed by atoms with Gasteiger partial charge in [0, 0.05) is 44.7 Å². The number of halogens is 1. The normalized spacial score (nSPS) is 16.0. The molecule has 0 bridgehead atoms. The average Bonchev–Trinajstić information content (AvgIpc) is 3.60. The lowest BCUT2D eigenvalue weighted by Crippen LogP contribution is -2.50. The van der Waals surface area contributed by atoms with Gasteiger partial charge in [-0.05, 0) is 44.4 Å². The van der Waals surface area contributed by atoms with Crippen molar-refractivity contribution in [3.05, 3.63) is 34.6 Å². The van der Waals surface area contributed by atoms with Gasteiger partial charge in [-0.15, -0.1) is 5.10 Å². The number of nitrogens with one attached hydrogen (secondary N) is 4. The molecule has 38 heavy (non-hydrogen) atoms. The maximum atomic E-state index is 12.5. The fourth-order valence-corrected chi connectivity index (χ4v) is 4.68. The molecule has 2 aromatic heterocycles. The summed E-state index contributed by atoms with van der Waals surface area (Å²) in [5.74, 6) is 0.772. The number of hydrogen-bond acceptors (Lipinski definition) is 10. The van der Waals surface area contributed by atoms with Gasteiger partial charge in [0.15, 0.2) is 11.5 Å². The number of hydrogen-bond donors (Lipinski definition) is 5. The molecule has 0 atom stereocenters. The average molecular weight is 539 g/mol. The number of carbonyl (C=O) groups excluding carboxylic acids is 1. The molecule has 0 radical (unpaired) electrons. The lowest BCUT2D eigenvalue weighted by atomic mass is 10.0. The Hall–Kier alpha value is -3.77. The van der Waals surface area contributed by atoms with Gasteiger partial charge in [-0.2, -0.15) is 4.98 Å². The van der Waals surface area contributed by atoms with E-state index in [1.54, 1.807) is 35.5 Å². The van der Waals surface area contributed by atoms with Crippen molar-refractivity contribution < 1.29 is 9.90 Å². The van der Waals surface area contributed by atoms with E-state index in [0.29, 0.717) is 65.7 Å². The number of nitrogens with zero attached hydrogens (tertiary/aromatic N) is 6. The summed E-state index contributed by atoms with van der Waals surface area (Å²) in [7, 11) is 0. The minimum absolute atomic E-state index is 0.0731. The van der Waals surface area contributed by atoms with Crippen LogP contribution in [0.15, 0.2) is 18.3 Å². The van der Waals surface area contributed by atoms with Crippen molar-refractivity contribution in [3.63, 3.8) is 0 Å². The first-order chi connectivity index (χ1) is 18.1. The molecule has 3 heterocycles. The van der Waals surface area contributed by atoms with Crippen LogP contribution < -0.4 is 15.5 Å². The van der Waals surface area contributed by atoms with Crippen LogP contribution in [0, 0.1) is 10.8 Å². The van der Waals surface area contributed by atoms with Crippen LogP contribution in [0.1, 0.15) is 44.4 Å². The maximum Gasteiger partial charge on any atom is 0.247 e. The van der Waals surface area contributed by atoms with E-state index in [2.05, 4.69) is 30.6 Å². The Morgan fingerprint density at radius 3 is 2.58 bits per heavy atom. The molecule has 3 aromatic rings. The first-order valence-corrected chi connectivity index (χ1v) is 12.9. The highest BCUT2D eigenvalue weighted by Crippen LogP contribution is 2.36. The van der Waals surface area contributed by atoms with E-state index in [0.717, 1.165) is 18.5 Å². The second-order valence-corrected chi connectivity index (χ2v) is 10.7. The van der Waals surface area contributed by atoms with E-state index in [1.807, 2.05) is 6.07 Å². The van der Waals surface area contributed by atoms with Gasteiger partial charge in [-0.3, -0.25) is 4.79 Å². The fourth-order valence-electron chi connectivity index (χ4n) is 4.40. The molecule has 200 valence electrons. The molecule has 2 fully saturated rings. The number of piperazine rings is 1. The standard InChI is InChI=1S/C25H31ClN10O2/c1-25(2,38)11-20(37)35-7-5-34(6-8-35)19-10-15(12-27)9-18(21(19)26)31-24-32-22(30-16-3-4-16)23-29-14-17(13-28)36(23)33-24/h9-10,12-14,16,27-28,38H,3-8,11H2,1-2H3,(H2,30,31,32,33). The summed E-state index contributed by atoms with van der Waals surface area (Å²) in [6.07, 6.45) is 6.20. The zero-order valence-corrected chi connectivity index (χ0v) is 22.1. The summed E-state index contributed by atoms with van der Waals surface area (Å²) in [6, 6.07) is 3.95. The van der Waals surface area contributed by atoms with Crippen molar-refractivity contribution in [1.82, 2.24) is 24.5 Å². The van der Waals surface area contributed by atoms with Crippen molar-refractivity contribution in [2.75, 3.05) is 41.7 Å². The topological polar surface area (TPSA) is 159 Å². The SMILES string of the molecule is CC(C)(O)CC(=O)N1CCN(c2cc(C=N)cc(Nc3nc(NC4CC4)c4ncc(C=N)n4n3)c2Cl)CC1. The van der Waals surface area contributed by atoms with Gasteiger partial charge in [-0.1, -0.05) is 11.6 Å².